The van der Waals surface area contributed by atoms with Crippen molar-refractivity contribution in [3.8, 4) is 23.0 Å². The minimum atomic E-state index is -0.617. The van der Waals surface area contributed by atoms with Crippen molar-refractivity contribution in [1.29, 1.82) is 0 Å². The van der Waals surface area contributed by atoms with Gasteiger partial charge in [-0.15, -0.1) is 0 Å². The molecule has 2 aromatic carbocycles. The lowest BCUT2D eigenvalue weighted by Crippen LogP contribution is -2.27. The Balaban J connectivity index is 1.70. The molecule has 0 saturated carbocycles. The van der Waals surface area contributed by atoms with Gasteiger partial charge in [0.2, 0.25) is 0 Å². The predicted octanol–water partition coefficient (Wildman–Crippen LogP) is 5.90. The van der Waals surface area contributed by atoms with Gasteiger partial charge in [0.15, 0.2) is 0 Å². The lowest BCUT2D eigenvalue weighted by Gasteiger charge is -2.21. The first kappa shape index (κ1) is 18.9. The van der Waals surface area contributed by atoms with Gasteiger partial charge in [0.05, 0.1) is 6.54 Å². The van der Waals surface area contributed by atoms with Gasteiger partial charge in [-0.2, -0.15) is 0 Å². The molecule has 0 atom stereocenters. The summed E-state index contributed by atoms with van der Waals surface area (Å²) in [5.74, 6) is 5.13. The van der Waals surface area contributed by atoms with Crippen molar-refractivity contribution < 1.29 is 8.78 Å². The van der Waals surface area contributed by atoms with Crippen LogP contribution in [-0.4, -0.2) is 24.5 Å². The average molecular weight is 374 g/mol. The monoisotopic (exact) mass is 373 g/mol. The topological polar surface area (TPSA) is 3.24 Å². The lowest BCUT2D eigenvalue weighted by atomic mass is 10.0. The van der Waals surface area contributed by atoms with E-state index >= 15 is 0 Å². The second-order valence-electron chi connectivity index (χ2n) is 6.70. The molecule has 0 amide bonds. The largest absolute Gasteiger partial charge is 0.292 e. The third-order valence-corrected chi connectivity index (χ3v) is 4.94. The Kier molecular flexibility index (Phi) is 6.66. The molecule has 2 aromatic rings. The summed E-state index contributed by atoms with van der Waals surface area (Å²) in [6.45, 7) is 2.98. The number of likely N-dealkylation sites (tertiary alicyclic amines) is 1. The molecule has 1 aliphatic heterocycles. The van der Waals surface area contributed by atoms with Crippen LogP contribution in [0.25, 0.3) is 11.1 Å². The second-order valence-corrected chi connectivity index (χ2v) is 7.11. The molecule has 0 spiro atoms. The molecule has 1 fully saturated rings. The summed E-state index contributed by atoms with van der Waals surface area (Å²) < 4.78 is 26.8. The molecule has 1 aliphatic rings. The zero-order chi connectivity index (χ0) is 18.4. The summed E-state index contributed by atoms with van der Waals surface area (Å²) in [5.41, 5.74) is 1.83. The van der Waals surface area contributed by atoms with Crippen LogP contribution in [0.2, 0.25) is 5.02 Å². The van der Waals surface area contributed by atoms with Crippen LogP contribution >= 0.6 is 11.6 Å². The maximum Gasteiger partial charge on any atom is 0.126 e. The maximum atomic E-state index is 13.4. The smallest absolute Gasteiger partial charge is 0.126 e. The fraction of sp³-hybridized carbons (Fsp3) is 0.364. The van der Waals surface area contributed by atoms with Gasteiger partial charge in [0.25, 0.3) is 0 Å². The Morgan fingerprint density at radius 1 is 0.885 bits per heavy atom. The normalized spacial score (nSPS) is 15.7. The summed E-state index contributed by atoms with van der Waals surface area (Å²) in [4.78, 5) is 2.40. The van der Waals surface area contributed by atoms with Crippen LogP contribution in [0.5, 0.6) is 0 Å². The molecule has 4 heteroatoms. The van der Waals surface area contributed by atoms with E-state index in [2.05, 4.69) is 16.7 Å². The molecule has 0 radical (unpaired) electrons. The third-order valence-electron chi connectivity index (χ3n) is 4.63. The molecule has 0 aliphatic carbocycles. The number of hydrogen-bond acceptors (Lipinski definition) is 1. The molecule has 26 heavy (non-hydrogen) atoms. The van der Waals surface area contributed by atoms with Crippen molar-refractivity contribution in [2.75, 3.05) is 19.6 Å². The van der Waals surface area contributed by atoms with Gasteiger partial charge < -0.3 is 0 Å². The molecule has 3 rings (SSSR count). The Bertz CT molecular complexity index is 794. The van der Waals surface area contributed by atoms with Crippen molar-refractivity contribution in [3.05, 3.63) is 58.6 Å². The number of benzene rings is 2. The molecule has 0 aromatic heterocycles. The predicted molar refractivity (Wildman–Crippen MR) is 103 cm³/mol. The van der Waals surface area contributed by atoms with E-state index < -0.39 is 11.6 Å². The van der Waals surface area contributed by atoms with Crippen LogP contribution < -0.4 is 0 Å². The van der Waals surface area contributed by atoms with Gasteiger partial charge in [0.1, 0.15) is 11.6 Å². The third kappa shape index (κ3) is 5.30. The molecule has 1 heterocycles. The van der Waals surface area contributed by atoms with E-state index in [0.29, 0.717) is 16.1 Å². The minimum Gasteiger partial charge on any atom is -0.292 e. The van der Waals surface area contributed by atoms with Crippen molar-refractivity contribution in [2.45, 2.75) is 32.1 Å². The van der Waals surface area contributed by atoms with Gasteiger partial charge in [-0.25, -0.2) is 8.78 Å². The number of hydrogen-bond donors (Lipinski definition) is 0. The Labute approximate surface area is 159 Å². The van der Waals surface area contributed by atoms with Crippen LogP contribution in [0.1, 0.15) is 37.7 Å². The van der Waals surface area contributed by atoms with Gasteiger partial charge in [-0.1, -0.05) is 48.8 Å². The van der Waals surface area contributed by atoms with Gasteiger partial charge in [-0.05, 0) is 55.8 Å². The molecular weight excluding hydrogens is 352 g/mol. The van der Waals surface area contributed by atoms with E-state index in [1.54, 1.807) is 12.1 Å². The number of halogens is 3. The zero-order valence-electron chi connectivity index (χ0n) is 14.7. The van der Waals surface area contributed by atoms with Crippen LogP contribution in [0, 0.1) is 23.5 Å². The first-order chi connectivity index (χ1) is 12.6. The highest BCUT2D eigenvalue weighted by molar-refractivity contribution is 6.33. The Hall–Kier alpha value is -1.89. The Morgan fingerprint density at radius 3 is 2.19 bits per heavy atom. The summed E-state index contributed by atoms with van der Waals surface area (Å²) in [6, 6.07) is 8.75. The SMILES string of the molecule is Fc1cc(F)cc(-c2ccc(C#CCN3CCCCCCC3)cc2Cl)c1. The summed E-state index contributed by atoms with van der Waals surface area (Å²) in [7, 11) is 0. The lowest BCUT2D eigenvalue weighted by molar-refractivity contribution is 0.275. The minimum absolute atomic E-state index is 0.424. The molecule has 0 N–H and O–H groups in total. The van der Waals surface area contributed by atoms with E-state index in [1.165, 1.54) is 44.2 Å². The van der Waals surface area contributed by atoms with E-state index in [-0.39, 0.29) is 0 Å². The number of rotatable bonds is 2. The van der Waals surface area contributed by atoms with Crippen LogP contribution in [0.3, 0.4) is 0 Å². The molecule has 0 unspecified atom stereocenters. The van der Waals surface area contributed by atoms with E-state index in [4.69, 9.17) is 11.6 Å². The van der Waals surface area contributed by atoms with Crippen molar-refractivity contribution in [1.82, 2.24) is 4.90 Å². The molecular formula is C22H22ClF2N. The van der Waals surface area contributed by atoms with Crippen LogP contribution in [0.15, 0.2) is 36.4 Å². The standard InChI is InChI=1S/C22H22ClF2N/c23-22-13-17(7-6-12-26-10-4-2-1-3-5-11-26)8-9-21(22)18-14-19(24)16-20(25)15-18/h8-9,13-16H,1-5,10-12H2. The highest BCUT2D eigenvalue weighted by atomic mass is 35.5. The molecule has 1 nitrogen and oxygen atoms in total. The van der Waals surface area contributed by atoms with Gasteiger partial charge >= 0.3 is 0 Å². The van der Waals surface area contributed by atoms with E-state index in [0.717, 1.165) is 31.3 Å². The second kappa shape index (κ2) is 9.16. The van der Waals surface area contributed by atoms with Crippen LogP contribution in [0.4, 0.5) is 8.78 Å². The Morgan fingerprint density at radius 2 is 1.54 bits per heavy atom. The average Bonchev–Trinajstić information content (AvgIpc) is 2.56. The van der Waals surface area contributed by atoms with Gasteiger partial charge in [-0.3, -0.25) is 4.90 Å². The van der Waals surface area contributed by atoms with E-state index in [1.807, 2.05) is 6.07 Å². The van der Waals surface area contributed by atoms with Crippen molar-refractivity contribution in [3.63, 3.8) is 0 Å². The highest BCUT2D eigenvalue weighted by Crippen LogP contribution is 2.29. The fourth-order valence-corrected chi connectivity index (χ4v) is 3.55. The molecule has 1 saturated heterocycles. The van der Waals surface area contributed by atoms with Crippen molar-refractivity contribution in [2.24, 2.45) is 0 Å². The summed E-state index contributed by atoms with van der Waals surface area (Å²) in [6.07, 6.45) is 6.45. The van der Waals surface area contributed by atoms with Crippen molar-refractivity contribution >= 4 is 11.6 Å². The number of nitrogens with zero attached hydrogens (tertiary/aromatic N) is 1. The summed E-state index contributed by atoms with van der Waals surface area (Å²) in [5, 5.41) is 0.438. The highest BCUT2D eigenvalue weighted by Gasteiger charge is 2.08. The van der Waals surface area contributed by atoms with Crippen LogP contribution in [-0.2, 0) is 0 Å². The fourth-order valence-electron chi connectivity index (χ4n) is 3.26. The zero-order valence-corrected chi connectivity index (χ0v) is 15.5. The molecule has 136 valence electrons. The van der Waals surface area contributed by atoms with E-state index in [9.17, 15) is 8.78 Å². The quantitative estimate of drug-likeness (QED) is 0.592. The first-order valence-corrected chi connectivity index (χ1v) is 9.47. The molecule has 0 bridgehead atoms. The maximum absolute atomic E-state index is 13.4. The van der Waals surface area contributed by atoms with Gasteiger partial charge in [0, 0.05) is 22.2 Å². The first-order valence-electron chi connectivity index (χ1n) is 9.09. The summed E-state index contributed by atoms with van der Waals surface area (Å²) >= 11 is 6.31.